The van der Waals surface area contributed by atoms with Gasteiger partial charge in [-0.15, -0.1) is 0 Å². The first-order valence-electron chi connectivity index (χ1n) is 30.5. The number of aliphatic hydroxyl groups is 1. The number of hydrogen-bond donors (Lipinski definition) is 2. The number of allylic oxidation sites excluding steroid dienone is 8. The second-order valence-corrected chi connectivity index (χ2v) is 22.0. The molecule has 0 saturated heterocycles. The minimum absolute atomic E-state index is 0.127. The molecule has 0 bridgehead atoms. The van der Waals surface area contributed by atoms with Crippen molar-refractivity contribution in [2.24, 2.45) is 0 Å². The van der Waals surface area contributed by atoms with Crippen LogP contribution < -0.4 is 0 Å². The Hall–Kier alpha value is -2.56. The van der Waals surface area contributed by atoms with E-state index >= 15 is 0 Å². The Morgan fingerprint density at radius 2 is 0.703 bits per heavy atom. The zero-order valence-electron chi connectivity index (χ0n) is 47.8. The maximum absolute atomic E-state index is 12.9. The van der Waals surface area contributed by atoms with Crippen LogP contribution >= 0.6 is 7.82 Å². The summed E-state index contributed by atoms with van der Waals surface area (Å²) < 4.78 is 39.6. The highest BCUT2D eigenvalue weighted by Gasteiger charge is 2.28. The Kier molecular flexibility index (Phi) is 54.7. The first kappa shape index (κ1) is 71.4. The second-order valence-electron chi connectivity index (χ2n) is 20.5. The fraction of sp³-hybridized carbons (Fsp3) is 0.823. The van der Waals surface area contributed by atoms with E-state index in [4.69, 9.17) is 23.3 Å². The molecule has 0 heterocycles. The van der Waals surface area contributed by atoms with Crippen LogP contribution in [0.3, 0.4) is 0 Å². The second kappa shape index (κ2) is 56.6. The Balaban J connectivity index is 4.69. The normalized spacial score (nSPS) is 13.6. The smallest absolute Gasteiger partial charge is 0.462 e. The quantitative estimate of drug-likeness (QED) is 0.0197. The molecule has 0 radical (unpaired) electrons. The third kappa shape index (κ3) is 54.2. The lowest BCUT2D eigenvalue weighted by Crippen LogP contribution is -2.30. The van der Waals surface area contributed by atoms with E-state index in [1.54, 1.807) is 0 Å². The van der Waals surface area contributed by atoms with E-state index in [0.29, 0.717) is 19.3 Å². The summed E-state index contributed by atoms with van der Waals surface area (Å²) in [5, 5.41) is 9.81. The third-order valence-corrected chi connectivity index (χ3v) is 14.2. The fourth-order valence-electron chi connectivity index (χ4n) is 8.64. The van der Waals surface area contributed by atoms with Crippen LogP contribution in [0.4, 0.5) is 0 Å². The number of rotatable bonds is 57. The lowest BCUT2D eigenvalue weighted by atomic mass is 10.0. The summed E-state index contributed by atoms with van der Waals surface area (Å²) in [4.78, 5) is 48.6. The van der Waals surface area contributed by atoms with Crippen molar-refractivity contribution in [2.75, 3.05) is 26.4 Å². The molecule has 0 saturated carbocycles. The molecule has 3 unspecified atom stereocenters. The molecule has 0 amide bonds. The predicted molar refractivity (Wildman–Crippen MR) is 307 cm³/mol. The lowest BCUT2D eigenvalue weighted by molar-refractivity contribution is -0.161. The minimum atomic E-state index is -4.76. The Bertz CT molecular complexity index is 1430. The first-order valence-corrected chi connectivity index (χ1v) is 32.0. The third-order valence-electron chi connectivity index (χ3n) is 13.3. The van der Waals surface area contributed by atoms with E-state index in [1.807, 2.05) is 0 Å². The molecule has 11 nitrogen and oxygen atoms in total. The van der Waals surface area contributed by atoms with Gasteiger partial charge in [-0.05, 0) is 57.8 Å². The Labute approximate surface area is 453 Å². The van der Waals surface area contributed by atoms with Gasteiger partial charge in [0.2, 0.25) is 0 Å². The highest BCUT2D eigenvalue weighted by Crippen LogP contribution is 2.43. The van der Waals surface area contributed by atoms with Gasteiger partial charge in [0.1, 0.15) is 12.7 Å². The van der Waals surface area contributed by atoms with Gasteiger partial charge in [-0.1, -0.05) is 262 Å². The van der Waals surface area contributed by atoms with Crippen LogP contribution in [-0.2, 0) is 42.2 Å². The van der Waals surface area contributed by atoms with Crippen molar-refractivity contribution >= 4 is 25.7 Å². The number of aliphatic hydroxyl groups excluding tert-OH is 1. The summed E-state index contributed by atoms with van der Waals surface area (Å²) in [6, 6.07) is 0. The molecule has 74 heavy (non-hydrogen) atoms. The number of phosphoric ester groups is 1. The molecular formula is C62H113O11P. The maximum atomic E-state index is 12.9. The molecule has 432 valence electrons. The van der Waals surface area contributed by atoms with Gasteiger partial charge in [0.25, 0.3) is 0 Å². The number of carbonyl (C=O) groups is 3. The number of phosphoric acid groups is 1. The van der Waals surface area contributed by atoms with Crippen LogP contribution in [0.25, 0.3) is 0 Å². The Morgan fingerprint density at radius 3 is 1.08 bits per heavy atom. The van der Waals surface area contributed by atoms with Gasteiger partial charge in [0.05, 0.1) is 19.8 Å². The van der Waals surface area contributed by atoms with E-state index in [1.165, 1.54) is 154 Å². The molecule has 0 spiro atoms. The summed E-state index contributed by atoms with van der Waals surface area (Å²) in [7, 11) is -4.76. The lowest BCUT2D eigenvalue weighted by Gasteiger charge is -2.21. The number of hydrogen-bond acceptors (Lipinski definition) is 10. The molecule has 3 atom stereocenters. The molecule has 0 aromatic rings. The molecule has 0 aromatic heterocycles. The monoisotopic (exact) mass is 1060 g/mol. The molecule has 0 aliphatic carbocycles. The van der Waals surface area contributed by atoms with Crippen molar-refractivity contribution in [3.05, 3.63) is 48.6 Å². The van der Waals surface area contributed by atoms with E-state index < -0.39 is 57.8 Å². The zero-order chi connectivity index (χ0) is 54.1. The highest BCUT2D eigenvalue weighted by atomic mass is 31.2. The first-order chi connectivity index (χ1) is 36.2. The molecule has 0 rings (SSSR count). The van der Waals surface area contributed by atoms with E-state index in [-0.39, 0.29) is 25.9 Å². The summed E-state index contributed by atoms with van der Waals surface area (Å²) in [5.74, 6) is -1.49. The molecule has 12 heteroatoms. The number of unbranched alkanes of at least 4 members (excludes halogenated alkanes) is 32. The molecule has 0 aromatic carbocycles. The SMILES string of the molecule is CC/C=C\C/C=C\C/C=C\C/C=C\CCCCC(=O)OC(CO)COP(=O)(O)OCC(COC(=O)CCCCCCCCCCCCCCC)OC(=O)CCCCCCCCCCCCCCCCCCCCC. The maximum Gasteiger partial charge on any atom is 0.472 e. The highest BCUT2D eigenvalue weighted by molar-refractivity contribution is 7.47. The van der Waals surface area contributed by atoms with Crippen LogP contribution in [-0.4, -0.2) is 66.5 Å². The van der Waals surface area contributed by atoms with E-state index in [2.05, 4.69) is 69.4 Å². The number of ether oxygens (including phenoxy) is 3. The van der Waals surface area contributed by atoms with Gasteiger partial charge in [-0.2, -0.15) is 0 Å². The summed E-state index contributed by atoms with van der Waals surface area (Å²) in [5.41, 5.74) is 0. The van der Waals surface area contributed by atoms with Crippen LogP contribution in [0.2, 0.25) is 0 Å². The summed E-state index contributed by atoms with van der Waals surface area (Å²) in [6.45, 7) is 4.53. The van der Waals surface area contributed by atoms with Crippen LogP contribution in [0.15, 0.2) is 48.6 Å². The van der Waals surface area contributed by atoms with Crippen molar-refractivity contribution in [3.63, 3.8) is 0 Å². The van der Waals surface area contributed by atoms with Crippen molar-refractivity contribution in [3.8, 4) is 0 Å². The van der Waals surface area contributed by atoms with Crippen molar-refractivity contribution < 1.29 is 52.2 Å². The molecular weight excluding hydrogens is 952 g/mol. The van der Waals surface area contributed by atoms with E-state index in [0.717, 1.165) is 77.0 Å². The molecule has 0 fully saturated rings. The Morgan fingerprint density at radius 1 is 0.392 bits per heavy atom. The number of esters is 3. The predicted octanol–water partition coefficient (Wildman–Crippen LogP) is 18.1. The summed E-state index contributed by atoms with van der Waals surface area (Å²) in [6.07, 6.45) is 60.7. The van der Waals surface area contributed by atoms with Crippen molar-refractivity contribution in [1.82, 2.24) is 0 Å². The van der Waals surface area contributed by atoms with Gasteiger partial charge in [0.15, 0.2) is 6.10 Å². The molecule has 0 aliphatic heterocycles. The van der Waals surface area contributed by atoms with Gasteiger partial charge in [-0.25, -0.2) is 4.57 Å². The fourth-order valence-corrected chi connectivity index (χ4v) is 9.43. The van der Waals surface area contributed by atoms with Crippen molar-refractivity contribution in [1.29, 1.82) is 0 Å². The summed E-state index contributed by atoms with van der Waals surface area (Å²) >= 11 is 0. The average Bonchev–Trinajstić information content (AvgIpc) is 3.39. The van der Waals surface area contributed by atoms with Crippen molar-refractivity contribution in [2.45, 2.75) is 303 Å². The molecule has 0 aliphatic rings. The standard InChI is InChI=1S/C62H113O11P/c1-4-7-10-13-16-19-22-25-27-28-29-30-32-35-38-41-44-47-50-53-62(66)73-59(55-69-60(64)51-48-45-42-39-36-33-24-21-18-15-12-9-6-3)57-71-74(67,68)70-56-58(54-63)72-61(65)52-49-46-43-40-37-34-31-26-23-20-17-14-11-8-5-2/h8,11,17,20,26,31,37,40,58-59,63H,4-7,9-10,12-16,18-19,21-25,27-30,32-36,38-39,41-57H2,1-3H3,(H,67,68)/b11-8-,20-17-,31-26-,40-37-. The largest absolute Gasteiger partial charge is 0.472 e. The van der Waals surface area contributed by atoms with Gasteiger partial charge >= 0.3 is 25.7 Å². The van der Waals surface area contributed by atoms with Crippen LogP contribution in [0.5, 0.6) is 0 Å². The van der Waals surface area contributed by atoms with Gasteiger partial charge in [-0.3, -0.25) is 23.4 Å². The van der Waals surface area contributed by atoms with Gasteiger partial charge in [0, 0.05) is 19.3 Å². The zero-order valence-corrected chi connectivity index (χ0v) is 48.7. The number of carbonyl (C=O) groups excluding carboxylic acids is 3. The average molecular weight is 1070 g/mol. The van der Waals surface area contributed by atoms with Crippen LogP contribution in [0, 0.1) is 0 Å². The topological polar surface area (TPSA) is 155 Å². The van der Waals surface area contributed by atoms with E-state index in [9.17, 15) is 28.9 Å². The van der Waals surface area contributed by atoms with Crippen LogP contribution in [0.1, 0.15) is 290 Å². The minimum Gasteiger partial charge on any atom is -0.462 e. The van der Waals surface area contributed by atoms with Gasteiger partial charge < -0.3 is 24.2 Å². The molecule has 2 N–H and O–H groups in total.